The lowest BCUT2D eigenvalue weighted by molar-refractivity contribution is -0.419. The van der Waals surface area contributed by atoms with Crippen molar-refractivity contribution in [2.45, 2.75) is 107 Å². The molecule has 0 radical (unpaired) electrons. The third-order valence-corrected chi connectivity index (χ3v) is 9.55. The number of carbonyl (C=O) groups excluding carboxylic acids is 1. The van der Waals surface area contributed by atoms with E-state index >= 15 is 0 Å². The maximum atomic E-state index is 13.0. The molecule has 0 spiro atoms. The van der Waals surface area contributed by atoms with Gasteiger partial charge in [0.05, 0.1) is 17.1 Å². The van der Waals surface area contributed by atoms with Crippen molar-refractivity contribution >= 4 is 5.78 Å². The van der Waals surface area contributed by atoms with Crippen molar-refractivity contribution in [2.75, 3.05) is 0 Å². The van der Waals surface area contributed by atoms with Crippen molar-refractivity contribution in [3.8, 4) is 0 Å². The molecular weight excluding hydrogens is 574 g/mol. The molecule has 0 aromatic rings. The van der Waals surface area contributed by atoms with Crippen molar-refractivity contribution in [3.05, 3.63) is 128 Å². The third kappa shape index (κ3) is 10.7. The minimum atomic E-state index is -0.614. The van der Waals surface area contributed by atoms with Crippen molar-refractivity contribution in [2.24, 2.45) is 16.2 Å². The first-order chi connectivity index (χ1) is 21.3. The fraction of sp³-hybridized carbons (Fsp3) is 0.475. The van der Waals surface area contributed by atoms with Gasteiger partial charge >= 0.3 is 0 Å². The largest absolute Gasteiger partial charge is 0.393 e. The number of ketones is 1. The summed E-state index contributed by atoms with van der Waals surface area (Å²) >= 11 is 0. The summed E-state index contributed by atoms with van der Waals surface area (Å²) in [6.45, 7) is 19.9. The molecule has 0 unspecified atom stereocenters. The van der Waals surface area contributed by atoms with Gasteiger partial charge in [-0.25, -0.2) is 0 Å². The van der Waals surface area contributed by atoms with E-state index in [2.05, 4.69) is 32.9 Å². The maximum absolute atomic E-state index is 13.0. The number of hydrogen-bond acceptors (Lipinski definition) is 5. The predicted octanol–water partition coefficient (Wildman–Crippen LogP) is 9.41. The number of nitro groups is 1. The highest BCUT2D eigenvalue weighted by Gasteiger charge is 2.52. The highest BCUT2D eigenvalue weighted by atomic mass is 16.6. The van der Waals surface area contributed by atoms with Gasteiger partial charge in [-0.05, 0) is 82.8 Å². The molecule has 2 N–H and O–H groups in total. The van der Waals surface area contributed by atoms with Crippen LogP contribution >= 0.6 is 0 Å². The number of rotatable bonds is 12. The molecule has 46 heavy (non-hydrogen) atoms. The summed E-state index contributed by atoms with van der Waals surface area (Å²) in [7, 11) is 0. The van der Waals surface area contributed by atoms with Crippen LogP contribution in [-0.4, -0.2) is 33.1 Å². The zero-order chi connectivity index (χ0) is 34.9. The zero-order valence-electron chi connectivity index (χ0n) is 29.6. The number of nitrogens with zero attached hydrogens (tertiary/aromatic N) is 1. The molecule has 2 rings (SSSR count). The van der Waals surface area contributed by atoms with E-state index < -0.39 is 16.4 Å². The summed E-state index contributed by atoms with van der Waals surface area (Å²) in [5.41, 5.74) is 4.95. The molecule has 1 saturated carbocycles. The second kappa shape index (κ2) is 16.3. The Morgan fingerprint density at radius 2 is 1.30 bits per heavy atom. The van der Waals surface area contributed by atoms with Gasteiger partial charge in [-0.3, -0.25) is 14.9 Å². The van der Waals surface area contributed by atoms with Crippen LogP contribution in [0.2, 0.25) is 0 Å². The molecule has 6 heteroatoms. The maximum Gasteiger partial charge on any atom is 0.272 e. The van der Waals surface area contributed by atoms with E-state index in [1.807, 2.05) is 71.9 Å². The third-order valence-electron chi connectivity index (χ3n) is 9.55. The van der Waals surface area contributed by atoms with Gasteiger partial charge in [0.15, 0.2) is 5.78 Å². The standard InChI is InChI=1S/C40H55NO5/c1-28(14-11-15-29(2)20-22-35-32(5)24-33(42)25-38(35,6)7)17-13-19-36(41(45)46)31(4)18-12-16-30(3)21-23-37(44)40(10)27-34(43)26-39(40,8)9/h11-23,33-34,42-43H,24-27H2,1-10H3/b14-11+,18-12+,19-13+,22-20+,23-21+,28-17+,29-15+,30-16+,36-31-/t33-,34+,40+/m1/s1. The molecule has 0 amide bonds. The van der Waals surface area contributed by atoms with Gasteiger partial charge < -0.3 is 10.2 Å². The van der Waals surface area contributed by atoms with Crippen LogP contribution in [0.15, 0.2) is 118 Å². The van der Waals surface area contributed by atoms with Crippen LogP contribution in [0.5, 0.6) is 0 Å². The Kier molecular flexibility index (Phi) is 13.7. The lowest BCUT2D eigenvalue weighted by Crippen LogP contribution is -2.36. The van der Waals surface area contributed by atoms with Crippen LogP contribution in [0.25, 0.3) is 0 Å². The van der Waals surface area contributed by atoms with Gasteiger partial charge in [-0.1, -0.05) is 124 Å². The first-order valence-electron chi connectivity index (χ1n) is 16.2. The van der Waals surface area contributed by atoms with Crippen molar-refractivity contribution < 1.29 is 19.9 Å². The van der Waals surface area contributed by atoms with E-state index in [4.69, 9.17) is 0 Å². The van der Waals surface area contributed by atoms with Crippen LogP contribution in [0.3, 0.4) is 0 Å². The lowest BCUT2D eigenvalue weighted by atomic mass is 9.66. The number of hydrogen-bond donors (Lipinski definition) is 2. The number of aliphatic hydroxyl groups excluding tert-OH is 2. The molecule has 250 valence electrons. The molecule has 0 aliphatic heterocycles. The van der Waals surface area contributed by atoms with Crippen LogP contribution in [0.1, 0.15) is 94.9 Å². The summed E-state index contributed by atoms with van der Waals surface area (Å²) < 4.78 is 0. The first kappa shape index (κ1) is 38.6. The quantitative estimate of drug-likeness (QED) is 0.0969. The summed E-state index contributed by atoms with van der Waals surface area (Å²) in [4.78, 5) is 24.3. The first-order valence-corrected chi connectivity index (χ1v) is 16.2. The van der Waals surface area contributed by atoms with Crippen LogP contribution < -0.4 is 0 Å². The Hall–Kier alpha value is -3.61. The second-order valence-corrected chi connectivity index (χ2v) is 14.6. The van der Waals surface area contributed by atoms with Crippen LogP contribution in [0.4, 0.5) is 0 Å². The van der Waals surface area contributed by atoms with Gasteiger partial charge in [0.25, 0.3) is 5.70 Å². The molecule has 0 heterocycles. The molecule has 0 aromatic heterocycles. The van der Waals surface area contributed by atoms with Gasteiger partial charge in [-0.2, -0.15) is 0 Å². The SMILES string of the molecule is CC1=C(/C=C/C(C)=C/C=C/C(C)=C/C=C/C(=C(C)/C=C/C=C(C)/C=C/C(=O)[C@]2(C)C[C@@H](O)CC2(C)C)[N+](=O)[O-])C(C)(C)C[C@H](O)C1. The fourth-order valence-electron chi connectivity index (χ4n) is 6.43. The van der Waals surface area contributed by atoms with E-state index in [-0.39, 0.29) is 28.4 Å². The Labute approximate surface area is 276 Å². The average molecular weight is 630 g/mol. The molecule has 6 nitrogen and oxygen atoms in total. The van der Waals surface area contributed by atoms with E-state index in [0.29, 0.717) is 18.4 Å². The fourth-order valence-corrected chi connectivity index (χ4v) is 6.43. The number of allylic oxidation sites excluding steroid dienone is 18. The minimum Gasteiger partial charge on any atom is -0.393 e. The lowest BCUT2D eigenvalue weighted by Gasteiger charge is -2.35. The molecule has 2 aliphatic rings. The Morgan fingerprint density at radius 1 is 0.761 bits per heavy atom. The highest BCUT2D eigenvalue weighted by Crippen LogP contribution is 2.53. The van der Waals surface area contributed by atoms with Crippen LogP contribution in [0, 0.1) is 26.4 Å². The molecule has 1 fully saturated rings. The zero-order valence-corrected chi connectivity index (χ0v) is 29.6. The number of aliphatic hydroxyl groups is 2. The Bertz CT molecular complexity index is 1470. The van der Waals surface area contributed by atoms with Gasteiger partial charge in [0.2, 0.25) is 0 Å². The summed E-state index contributed by atoms with van der Waals surface area (Å²) in [5.74, 6) is -0.00207. The molecule has 0 aromatic carbocycles. The molecule has 3 atom stereocenters. The van der Waals surface area contributed by atoms with E-state index in [0.717, 1.165) is 29.6 Å². The average Bonchev–Trinajstić information content (AvgIpc) is 3.14. The smallest absolute Gasteiger partial charge is 0.272 e. The number of carbonyl (C=O) groups is 1. The summed E-state index contributed by atoms with van der Waals surface area (Å²) in [5, 5.41) is 32.0. The van der Waals surface area contributed by atoms with Gasteiger partial charge in [0, 0.05) is 17.1 Å². The molecule has 0 bridgehead atoms. The second-order valence-electron chi connectivity index (χ2n) is 14.6. The van der Waals surface area contributed by atoms with E-state index in [9.17, 15) is 25.1 Å². The van der Waals surface area contributed by atoms with Crippen molar-refractivity contribution in [1.29, 1.82) is 0 Å². The topological polar surface area (TPSA) is 101 Å². The molecule has 2 aliphatic carbocycles. The van der Waals surface area contributed by atoms with Crippen molar-refractivity contribution in [3.63, 3.8) is 0 Å². The van der Waals surface area contributed by atoms with Crippen LogP contribution in [-0.2, 0) is 4.79 Å². The Balaban J connectivity index is 2.05. The van der Waals surface area contributed by atoms with Gasteiger partial charge in [-0.15, -0.1) is 0 Å². The highest BCUT2D eigenvalue weighted by molar-refractivity contribution is 5.95. The molecular formula is C40H55NO5. The van der Waals surface area contributed by atoms with Crippen molar-refractivity contribution in [1.82, 2.24) is 0 Å². The Morgan fingerprint density at radius 3 is 1.85 bits per heavy atom. The normalized spacial score (nSPS) is 26.8. The summed E-state index contributed by atoms with van der Waals surface area (Å²) in [6, 6.07) is 0. The van der Waals surface area contributed by atoms with E-state index in [1.54, 1.807) is 37.3 Å². The molecule has 0 saturated heterocycles. The van der Waals surface area contributed by atoms with Gasteiger partial charge in [0.1, 0.15) is 0 Å². The monoisotopic (exact) mass is 629 g/mol. The van der Waals surface area contributed by atoms with E-state index in [1.165, 1.54) is 17.2 Å². The summed E-state index contributed by atoms with van der Waals surface area (Å²) in [6.07, 6.45) is 25.6. The minimum absolute atomic E-state index is 0.000342. The predicted molar refractivity (Wildman–Crippen MR) is 191 cm³/mol.